The summed E-state index contributed by atoms with van der Waals surface area (Å²) in [6, 6.07) is 0.647. The second kappa shape index (κ2) is 5.50. The molecule has 1 aliphatic rings. The van der Waals surface area contributed by atoms with E-state index in [9.17, 15) is 0 Å². The number of likely N-dealkylation sites (N-methyl/N-ethyl adjacent to an activating group) is 1. The van der Waals surface area contributed by atoms with Gasteiger partial charge in [0.1, 0.15) is 0 Å². The molecular formula is C14H30N2. The Kier molecular flexibility index (Phi) is 4.81. The van der Waals surface area contributed by atoms with Crippen molar-refractivity contribution < 1.29 is 0 Å². The first-order valence-electron chi connectivity index (χ1n) is 6.84. The van der Waals surface area contributed by atoms with Gasteiger partial charge in [0.25, 0.3) is 0 Å². The van der Waals surface area contributed by atoms with E-state index < -0.39 is 0 Å². The molecule has 1 fully saturated rings. The van der Waals surface area contributed by atoms with Gasteiger partial charge in [-0.1, -0.05) is 20.8 Å². The third-order valence-electron chi connectivity index (χ3n) is 4.43. The summed E-state index contributed by atoms with van der Waals surface area (Å²) >= 11 is 0. The van der Waals surface area contributed by atoms with E-state index in [4.69, 9.17) is 5.73 Å². The van der Waals surface area contributed by atoms with Crippen LogP contribution in [0.3, 0.4) is 0 Å². The van der Waals surface area contributed by atoms with Crippen LogP contribution in [0, 0.1) is 11.8 Å². The lowest BCUT2D eigenvalue weighted by Crippen LogP contribution is -2.54. The van der Waals surface area contributed by atoms with Crippen LogP contribution >= 0.6 is 0 Å². The van der Waals surface area contributed by atoms with E-state index in [-0.39, 0.29) is 5.54 Å². The van der Waals surface area contributed by atoms with Crippen LogP contribution in [0.5, 0.6) is 0 Å². The van der Waals surface area contributed by atoms with Gasteiger partial charge in [-0.05, 0) is 51.5 Å². The summed E-state index contributed by atoms with van der Waals surface area (Å²) in [7, 11) is 2.28. The standard InChI is InChI=1S/C14H30N2/c1-11(2)8-13(4)16(5)14(10-15)7-6-12(3)9-14/h11-13H,6-10,15H2,1-5H3. The third kappa shape index (κ3) is 2.98. The van der Waals surface area contributed by atoms with Gasteiger partial charge in [-0.2, -0.15) is 0 Å². The van der Waals surface area contributed by atoms with E-state index in [1.165, 1.54) is 25.7 Å². The van der Waals surface area contributed by atoms with Gasteiger partial charge in [-0.25, -0.2) is 0 Å². The van der Waals surface area contributed by atoms with Gasteiger partial charge < -0.3 is 5.73 Å². The average molecular weight is 226 g/mol. The highest BCUT2D eigenvalue weighted by molar-refractivity contribution is 4.98. The minimum Gasteiger partial charge on any atom is -0.329 e. The number of hydrogen-bond donors (Lipinski definition) is 1. The smallest absolute Gasteiger partial charge is 0.0334 e. The average Bonchev–Trinajstić information content (AvgIpc) is 2.59. The lowest BCUT2D eigenvalue weighted by atomic mass is 9.91. The molecule has 0 spiro atoms. The lowest BCUT2D eigenvalue weighted by molar-refractivity contribution is 0.0763. The Balaban J connectivity index is 2.65. The highest BCUT2D eigenvalue weighted by Crippen LogP contribution is 2.39. The Bertz CT molecular complexity index is 215. The van der Waals surface area contributed by atoms with Crippen LogP contribution in [-0.2, 0) is 0 Å². The van der Waals surface area contributed by atoms with Crippen LogP contribution in [-0.4, -0.2) is 30.1 Å². The molecule has 1 saturated carbocycles. The summed E-state index contributed by atoms with van der Waals surface area (Å²) < 4.78 is 0. The van der Waals surface area contributed by atoms with E-state index in [1.807, 2.05) is 0 Å². The van der Waals surface area contributed by atoms with Crippen LogP contribution in [0.15, 0.2) is 0 Å². The molecule has 0 saturated heterocycles. The van der Waals surface area contributed by atoms with Gasteiger partial charge in [0.15, 0.2) is 0 Å². The van der Waals surface area contributed by atoms with E-state index in [0.29, 0.717) is 6.04 Å². The van der Waals surface area contributed by atoms with E-state index >= 15 is 0 Å². The second-order valence-corrected chi connectivity index (χ2v) is 6.37. The summed E-state index contributed by atoms with van der Waals surface area (Å²) in [5.74, 6) is 1.61. The Morgan fingerprint density at radius 1 is 1.38 bits per heavy atom. The highest BCUT2D eigenvalue weighted by Gasteiger charge is 2.41. The first-order valence-corrected chi connectivity index (χ1v) is 6.84. The summed E-state index contributed by atoms with van der Waals surface area (Å²) in [4.78, 5) is 2.57. The molecule has 0 heterocycles. The maximum Gasteiger partial charge on any atom is 0.0334 e. The van der Waals surface area contributed by atoms with Crippen molar-refractivity contribution in [3.8, 4) is 0 Å². The minimum atomic E-state index is 0.285. The van der Waals surface area contributed by atoms with Crippen molar-refractivity contribution in [1.29, 1.82) is 0 Å². The van der Waals surface area contributed by atoms with E-state index in [1.54, 1.807) is 0 Å². The minimum absolute atomic E-state index is 0.285. The van der Waals surface area contributed by atoms with Crippen LogP contribution in [0.2, 0.25) is 0 Å². The van der Waals surface area contributed by atoms with Gasteiger partial charge in [0.2, 0.25) is 0 Å². The van der Waals surface area contributed by atoms with E-state index in [0.717, 1.165) is 18.4 Å². The van der Waals surface area contributed by atoms with Crippen molar-refractivity contribution in [1.82, 2.24) is 4.90 Å². The molecule has 0 aliphatic heterocycles. The monoisotopic (exact) mass is 226 g/mol. The molecule has 0 amide bonds. The number of nitrogens with zero attached hydrogens (tertiary/aromatic N) is 1. The molecule has 2 nitrogen and oxygen atoms in total. The van der Waals surface area contributed by atoms with Crippen LogP contribution in [0.25, 0.3) is 0 Å². The van der Waals surface area contributed by atoms with Gasteiger partial charge in [0, 0.05) is 18.1 Å². The van der Waals surface area contributed by atoms with Crippen molar-refractivity contribution in [2.24, 2.45) is 17.6 Å². The Morgan fingerprint density at radius 3 is 2.38 bits per heavy atom. The Labute approximate surface area is 102 Å². The van der Waals surface area contributed by atoms with E-state index in [2.05, 4.69) is 39.6 Å². The maximum atomic E-state index is 6.06. The van der Waals surface area contributed by atoms with Crippen molar-refractivity contribution >= 4 is 0 Å². The van der Waals surface area contributed by atoms with Crippen LogP contribution < -0.4 is 5.73 Å². The molecule has 1 aliphatic carbocycles. The second-order valence-electron chi connectivity index (χ2n) is 6.37. The lowest BCUT2D eigenvalue weighted by Gasteiger charge is -2.42. The fourth-order valence-electron chi connectivity index (χ4n) is 3.33. The molecule has 2 N–H and O–H groups in total. The van der Waals surface area contributed by atoms with Gasteiger partial charge in [0.05, 0.1) is 0 Å². The first-order chi connectivity index (χ1) is 7.41. The molecular weight excluding hydrogens is 196 g/mol. The largest absolute Gasteiger partial charge is 0.329 e. The zero-order valence-corrected chi connectivity index (χ0v) is 11.8. The molecule has 3 atom stereocenters. The SMILES string of the molecule is CC(C)CC(C)N(C)C1(CN)CCC(C)C1. The van der Waals surface area contributed by atoms with Gasteiger partial charge >= 0.3 is 0 Å². The van der Waals surface area contributed by atoms with Gasteiger partial charge in [-0.15, -0.1) is 0 Å². The predicted octanol–water partition coefficient (Wildman–Crippen LogP) is 2.87. The molecule has 96 valence electrons. The van der Waals surface area contributed by atoms with Crippen molar-refractivity contribution in [2.45, 2.75) is 65.0 Å². The Hall–Kier alpha value is -0.0800. The summed E-state index contributed by atoms with van der Waals surface area (Å²) in [5, 5.41) is 0. The number of nitrogens with two attached hydrogens (primary N) is 1. The molecule has 1 rings (SSSR count). The molecule has 3 unspecified atom stereocenters. The van der Waals surface area contributed by atoms with Gasteiger partial charge in [-0.3, -0.25) is 4.90 Å². The fraction of sp³-hybridized carbons (Fsp3) is 1.00. The maximum absolute atomic E-state index is 6.06. The Morgan fingerprint density at radius 2 is 2.00 bits per heavy atom. The van der Waals surface area contributed by atoms with Crippen LogP contribution in [0.4, 0.5) is 0 Å². The molecule has 16 heavy (non-hydrogen) atoms. The molecule has 0 aromatic heterocycles. The molecule has 0 radical (unpaired) electrons. The summed E-state index contributed by atoms with van der Waals surface area (Å²) in [6.45, 7) is 10.1. The quantitative estimate of drug-likeness (QED) is 0.781. The molecule has 0 aromatic rings. The third-order valence-corrected chi connectivity index (χ3v) is 4.43. The zero-order chi connectivity index (χ0) is 12.3. The molecule has 0 bridgehead atoms. The highest BCUT2D eigenvalue weighted by atomic mass is 15.2. The van der Waals surface area contributed by atoms with Crippen LogP contribution in [0.1, 0.15) is 53.4 Å². The van der Waals surface area contributed by atoms with Crippen molar-refractivity contribution in [3.05, 3.63) is 0 Å². The van der Waals surface area contributed by atoms with Crippen molar-refractivity contribution in [3.63, 3.8) is 0 Å². The summed E-state index contributed by atoms with van der Waals surface area (Å²) in [6.07, 6.45) is 5.18. The summed E-state index contributed by atoms with van der Waals surface area (Å²) in [5.41, 5.74) is 6.34. The fourth-order valence-corrected chi connectivity index (χ4v) is 3.33. The first kappa shape index (κ1) is 14.0. The molecule has 0 aromatic carbocycles. The topological polar surface area (TPSA) is 29.3 Å². The normalized spacial score (nSPS) is 32.6. The van der Waals surface area contributed by atoms with Crippen molar-refractivity contribution in [2.75, 3.05) is 13.6 Å². The number of hydrogen-bond acceptors (Lipinski definition) is 2. The predicted molar refractivity (Wildman–Crippen MR) is 71.5 cm³/mol. The zero-order valence-electron chi connectivity index (χ0n) is 11.8. The number of rotatable bonds is 5. The molecule has 2 heteroatoms.